The molecular weight excluding hydrogens is 493 g/mol. The molecule has 3 aromatic carbocycles. The van der Waals surface area contributed by atoms with Crippen molar-refractivity contribution in [2.45, 2.75) is 18.8 Å². The van der Waals surface area contributed by atoms with Gasteiger partial charge in [-0.3, -0.25) is 9.78 Å². The van der Waals surface area contributed by atoms with Gasteiger partial charge >= 0.3 is 6.36 Å². The number of fused-ring (bicyclic) bond motifs is 2. The number of benzene rings is 3. The van der Waals surface area contributed by atoms with E-state index < -0.39 is 24.1 Å². The average Bonchev–Trinajstić information content (AvgIpc) is 3.22. The second-order valence-electron chi connectivity index (χ2n) is 8.91. The van der Waals surface area contributed by atoms with Crippen molar-refractivity contribution < 1.29 is 22.7 Å². The molecule has 0 bridgehead atoms. The second kappa shape index (κ2) is 10.1. The summed E-state index contributed by atoms with van der Waals surface area (Å²) in [6.07, 6.45) is -1.27. The third-order valence-electron chi connectivity index (χ3n) is 6.35. The highest BCUT2D eigenvalue weighted by Gasteiger charge is 2.33. The van der Waals surface area contributed by atoms with E-state index in [2.05, 4.69) is 15.0 Å². The summed E-state index contributed by atoms with van der Waals surface area (Å²) in [5.41, 5.74) is 10.5. The third-order valence-corrected chi connectivity index (χ3v) is 6.35. The Labute approximate surface area is 216 Å². The number of aromatic nitrogens is 1. The van der Waals surface area contributed by atoms with Crippen LogP contribution in [0.25, 0.3) is 27.6 Å². The third kappa shape index (κ3) is 5.28. The van der Waals surface area contributed by atoms with Crippen LogP contribution in [0.3, 0.4) is 0 Å². The van der Waals surface area contributed by atoms with Crippen LogP contribution in [0.1, 0.15) is 27.9 Å². The molecule has 1 heterocycles. The average molecular weight is 517 g/mol. The first kappa shape index (κ1) is 25.2. The van der Waals surface area contributed by atoms with Gasteiger partial charge in [0, 0.05) is 29.7 Å². The van der Waals surface area contributed by atoms with Crippen molar-refractivity contribution in [3.05, 3.63) is 102 Å². The van der Waals surface area contributed by atoms with Gasteiger partial charge in [0.05, 0.1) is 16.8 Å². The first-order valence-electron chi connectivity index (χ1n) is 11.9. The van der Waals surface area contributed by atoms with Gasteiger partial charge in [0.2, 0.25) is 0 Å². The maximum Gasteiger partial charge on any atom is 0.573 e. The number of rotatable bonds is 7. The number of nitrogens with zero attached hydrogens (tertiary/aromatic N) is 1. The minimum absolute atomic E-state index is 0.0470. The molecule has 0 spiro atoms. The lowest BCUT2D eigenvalue weighted by atomic mass is 9.98. The molecule has 1 aliphatic carbocycles. The number of allylic oxidation sites excluding steroid dienone is 1. The number of nitrogens with two attached hydrogens (primary N) is 1. The zero-order valence-electron chi connectivity index (χ0n) is 20.0. The van der Waals surface area contributed by atoms with Gasteiger partial charge < -0.3 is 21.2 Å². The highest BCUT2D eigenvalue weighted by Crippen LogP contribution is 2.33. The molecule has 1 unspecified atom stereocenters. The minimum Gasteiger partial charge on any atom is -0.405 e. The topological polar surface area (TPSA) is 101 Å². The molecule has 192 valence electrons. The number of ether oxygens (including phenoxy) is 1. The molecule has 9 heteroatoms. The van der Waals surface area contributed by atoms with E-state index in [4.69, 9.17) is 11.1 Å². The molecule has 4 N–H and O–H groups in total. The van der Waals surface area contributed by atoms with Crippen LogP contribution in [-0.2, 0) is 0 Å². The Kier molecular flexibility index (Phi) is 6.69. The van der Waals surface area contributed by atoms with Crippen molar-refractivity contribution >= 4 is 28.1 Å². The van der Waals surface area contributed by atoms with Crippen LogP contribution in [0.4, 0.5) is 13.2 Å². The monoisotopic (exact) mass is 516 g/mol. The molecule has 6 nitrogen and oxygen atoms in total. The van der Waals surface area contributed by atoms with E-state index >= 15 is 0 Å². The number of alkyl halides is 3. The molecule has 0 aliphatic heterocycles. The number of halogens is 3. The van der Waals surface area contributed by atoms with Crippen LogP contribution in [0.15, 0.2) is 85.1 Å². The lowest BCUT2D eigenvalue weighted by Crippen LogP contribution is -2.40. The first-order chi connectivity index (χ1) is 18.2. The van der Waals surface area contributed by atoms with E-state index in [1.54, 1.807) is 30.5 Å². The molecule has 1 atom stereocenters. The van der Waals surface area contributed by atoms with Crippen LogP contribution in [0, 0.1) is 5.41 Å². The Bertz CT molecular complexity index is 1580. The number of amides is 1. The Hall–Kier alpha value is -4.50. The van der Waals surface area contributed by atoms with Crippen LogP contribution in [0.5, 0.6) is 5.75 Å². The van der Waals surface area contributed by atoms with Crippen LogP contribution in [0.2, 0.25) is 0 Å². The van der Waals surface area contributed by atoms with Gasteiger partial charge in [0.1, 0.15) is 5.75 Å². The van der Waals surface area contributed by atoms with Gasteiger partial charge in [0.15, 0.2) is 0 Å². The maximum absolute atomic E-state index is 13.3. The highest BCUT2D eigenvalue weighted by atomic mass is 19.4. The number of hydrogen-bond donors (Lipinski definition) is 3. The maximum atomic E-state index is 13.3. The summed E-state index contributed by atoms with van der Waals surface area (Å²) in [6.45, 7) is 0.0470. The number of carbonyl (C=O) groups excluding carboxylic acids is 1. The fourth-order valence-electron chi connectivity index (χ4n) is 4.57. The molecular formula is C29H23F3N4O2. The van der Waals surface area contributed by atoms with E-state index in [1.807, 2.05) is 36.4 Å². The van der Waals surface area contributed by atoms with E-state index in [9.17, 15) is 18.0 Å². The van der Waals surface area contributed by atoms with E-state index in [-0.39, 0.29) is 12.1 Å². The Morgan fingerprint density at radius 3 is 2.50 bits per heavy atom. The van der Waals surface area contributed by atoms with Gasteiger partial charge in [-0.25, -0.2) is 0 Å². The standard InChI is InChI=1S/C29H23F3N4O2/c30-29(31,32)38-27-10-8-18(17-7-9-26-19(12-17)4-3-11-35-26)14-24(27)28(37)36-21(16-33)13-20-15-25(34)23-6-2-1-5-22(20)23/h1-12,14-15,21,34H,13,16,33H2,(H,36,37). The molecule has 0 fully saturated rings. The van der Waals surface area contributed by atoms with Gasteiger partial charge in [-0.15, -0.1) is 13.2 Å². The van der Waals surface area contributed by atoms with E-state index in [0.717, 1.165) is 33.7 Å². The van der Waals surface area contributed by atoms with Gasteiger partial charge in [0.25, 0.3) is 5.91 Å². The van der Waals surface area contributed by atoms with Crippen LogP contribution >= 0.6 is 0 Å². The first-order valence-corrected chi connectivity index (χ1v) is 11.9. The number of hydrogen-bond acceptors (Lipinski definition) is 5. The van der Waals surface area contributed by atoms with Gasteiger partial charge in [-0.1, -0.05) is 42.5 Å². The van der Waals surface area contributed by atoms with Crippen LogP contribution < -0.4 is 15.8 Å². The summed E-state index contributed by atoms with van der Waals surface area (Å²) in [5, 5.41) is 11.8. The summed E-state index contributed by atoms with van der Waals surface area (Å²) in [7, 11) is 0. The molecule has 1 amide bonds. The van der Waals surface area contributed by atoms with Crippen LogP contribution in [-0.4, -0.2) is 35.6 Å². The fraction of sp³-hybridized carbons (Fsp3) is 0.138. The van der Waals surface area contributed by atoms with Gasteiger partial charge in [-0.2, -0.15) is 0 Å². The van der Waals surface area contributed by atoms with Crippen molar-refractivity contribution in [1.29, 1.82) is 5.41 Å². The number of nitrogens with one attached hydrogen (secondary N) is 2. The largest absolute Gasteiger partial charge is 0.573 e. The Morgan fingerprint density at radius 2 is 1.74 bits per heavy atom. The number of carbonyl (C=O) groups is 1. The molecule has 5 rings (SSSR count). The van der Waals surface area contributed by atoms with E-state index in [1.165, 1.54) is 12.1 Å². The smallest absolute Gasteiger partial charge is 0.405 e. The molecule has 38 heavy (non-hydrogen) atoms. The molecule has 1 aliphatic rings. The predicted molar refractivity (Wildman–Crippen MR) is 140 cm³/mol. The SMILES string of the molecule is N=C1C=C(CC(CN)NC(=O)c2cc(-c3ccc4ncccc4c3)ccc2OC(F)(F)F)c2ccccc21. The van der Waals surface area contributed by atoms with Crippen molar-refractivity contribution in [3.8, 4) is 16.9 Å². The molecule has 0 saturated heterocycles. The minimum atomic E-state index is -4.98. The summed E-state index contributed by atoms with van der Waals surface area (Å²) in [5.74, 6) is -1.35. The van der Waals surface area contributed by atoms with Gasteiger partial charge in [-0.05, 0) is 65.1 Å². The fourth-order valence-corrected chi connectivity index (χ4v) is 4.57. The zero-order valence-corrected chi connectivity index (χ0v) is 20.0. The van der Waals surface area contributed by atoms with Crippen molar-refractivity contribution in [1.82, 2.24) is 10.3 Å². The summed E-state index contributed by atoms with van der Waals surface area (Å²) in [6, 6.07) is 19.9. The molecule has 1 aromatic heterocycles. The highest BCUT2D eigenvalue weighted by molar-refractivity contribution is 6.18. The molecule has 4 aromatic rings. The Morgan fingerprint density at radius 1 is 1.00 bits per heavy atom. The predicted octanol–water partition coefficient (Wildman–Crippen LogP) is 5.71. The summed E-state index contributed by atoms with van der Waals surface area (Å²) < 4.78 is 43.6. The van der Waals surface area contributed by atoms with E-state index in [0.29, 0.717) is 23.3 Å². The normalized spacial score (nSPS) is 13.7. The lowest BCUT2D eigenvalue weighted by Gasteiger charge is -2.20. The van der Waals surface area contributed by atoms with Crippen molar-refractivity contribution in [3.63, 3.8) is 0 Å². The quantitative estimate of drug-likeness (QED) is 0.293. The lowest BCUT2D eigenvalue weighted by molar-refractivity contribution is -0.274. The van der Waals surface area contributed by atoms with Crippen molar-refractivity contribution in [2.24, 2.45) is 5.73 Å². The molecule has 0 radical (unpaired) electrons. The second-order valence-corrected chi connectivity index (χ2v) is 8.91. The summed E-state index contributed by atoms with van der Waals surface area (Å²) >= 11 is 0. The number of pyridine rings is 1. The Balaban J connectivity index is 1.44. The molecule has 0 saturated carbocycles. The summed E-state index contributed by atoms with van der Waals surface area (Å²) in [4.78, 5) is 17.6. The zero-order chi connectivity index (χ0) is 26.9. The van der Waals surface area contributed by atoms with Crippen molar-refractivity contribution in [2.75, 3.05) is 6.54 Å².